The first-order valence-electron chi connectivity index (χ1n) is 3.02. The molecule has 0 amide bonds. The Kier molecular flexibility index (Phi) is 2.39. The molecule has 0 aromatic heterocycles. The van der Waals surface area contributed by atoms with Gasteiger partial charge in [-0.3, -0.25) is 0 Å². The maximum absolute atomic E-state index is 5.95. The van der Waals surface area contributed by atoms with Crippen LogP contribution in [0.4, 0.5) is 0 Å². The average Bonchev–Trinajstić information content (AvgIpc) is 2.15. The smallest absolute Gasteiger partial charge is 0.170 e. The van der Waals surface area contributed by atoms with Gasteiger partial charge in [0.15, 0.2) is 5.00 Å². The van der Waals surface area contributed by atoms with Gasteiger partial charge < -0.3 is 11.1 Å². The maximum atomic E-state index is 5.95. The average molecular weight is 182 g/mol. The number of nitrogens with two attached hydrogens (primary N) is 1. The second-order valence-electron chi connectivity index (χ2n) is 2.14. The van der Waals surface area contributed by atoms with Crippen LogP contribution in [0, 0.1) is 0 Å². The first kappa shape index (κ1) is 8.11. The van der Waals surface area contributed by atoms with Crippen molar-refractivity contribution in [2.75, 3.05) is 6.54 Å². The van der Waals surface area contributed by atoms with Crippen molar-refractivity contribution in [2.45, 2.75) is 16.9 Å². The Bertz CT molecular complexity index is 150. The number of rotatable bonds is 2. The van der Waals surface area contributed by atoms with Crippen LogP contribution in [-0.4, -0.2) is 23.4 Å². The van der Waals surface area contributed by atoms with Crippen LogP contribution in [0.15, 0.2) is 4.99 Å². The van der Waals surface area contributed by atoms with Gasteiger partial charge in [0.25, 0.3) is 0 Å². The highest BCUT2D eigenvalue weighted by molar-refractivity contribution is 6.33. The molecule has 1 aliphatic heterocycles. The Morgan fingerprint density at radius 2 is 2.50 bits per heavy atom. The summed E-state index contributed by atoms with van der Waals surface area (Å²) in [7, 11) is 0. The van der Waals surface area contributed by atoms with Gasteiger partial charge in [0, 0.05) is 6.42 Å². The third-order valence-electron chi connectivity index (χ3n) is 1.38. The lowest BCUT2D eigenvalue weighted by Gasteiger charge is -2.20. The molecule has 2 unspecified atom stereocenters. The van der Waals surface area contributed by atoms with E-state index in [-0.39, 0.29) is 5.50 Å². The molecule has 3 nitrogen and oxygen atoms in total. The first-order valence-corrected chi connectivity index (χ1v) is 3.83. The van der Waals surface area contributed by atoms with Crippen molar-refractivity contribution in [1.82, 2.24) is 5.32 Å². The van der Waals surface area contributed by atoms with Gasteiger partial charge in [-0.15, -0.1) is 0 Å². The molecule has 0 saturated heterocycles. The molecular formula is C5H9Cl2N3. The van der Waals surface area contributed by atoms with E-state index < -0.39 is 5.00 Å². The van der Waals surface area contributed by atoms with Crippen molar-refractivity contribution < 1.29 is 0 Å². The lowest BCUT2D eigenvalue weighted by atomic mass is 10.2. The van der Waals surface area contributed by atoms with Crippen LogP contribution in [0.3, 0.4) is 0 Å². The topological polar surface area (TPSA) is 50.4 Å². The Morgan fingerprint density at radius 3 is 2.90 bits per heavy atom. The molecule has 1 aliphatic rings. The molecule has 0 saturated carbocycles. The summed E-state index contributed by atoms with van der Waals surface area (Å²) in [5.74, 6) is 0. The highest BCUT2D eigenvalue weighted by Crippen LogP contribution is 2.30. The van der Waals surface area contributed by atoms with Crippen LogP contribution in [-0.2, 0) is 0 Å². The van der Waals surface area contributed by atoms with Crippen molar-refractivity contribution in [3.63, 3.8) is 0 Å². The molecule has 5 heteroatoms. The quantitative estimate of drug-likeness (QED) is 0.481. The summed E-state index contributed by atoms with van der Waals surface area (Å²) < 4.78 is 0. The summed E-state index contributed by atoms with van der Waals surface area (Å²) in [4.78, 5) is 3.23. The molecule has 0 bridgehead atoms. The number of nitrogens with zero attached hydrogens (tertiary/aromatic N) is 1. The van der Waals surface area contributed by atoms with E-state index in [0.717, 1.165) is 0 Å². The number of hydrogen-bond donors (Lipinski definition) is 2. The lowest BCUT2D eigenvalue weighted by Crippen LogP contribution is -2.36. The Hall–Kier alpha value is 0.01000. The lowest BCUT2D eigenvalue weighted by molar-refractivity contribution is 0.545. The monoisotopic (exact) mass is 181 g/mol. The largest absolute Gasteiger partial charge is 0.357 e. The number of alkyl halides is 2. The van der Waals surface area contributed by atoms with Crippen molar-refractivity contribution in [3.05, 3.63) is 0 Å². The van der Waals surface area contributed by atoms with Crippen molar-refractivity contribution >= 4 is 29.5 Å². The van der Waals surface area contributed by atoms with E-state index in [1.807, 2.05) is 0 Å². The Balaban J connectivity index is 2.56. The van der Waals surface area contributed by atoms with Gasteiger partial charge in [0.2, 0.25) is 0 Å². The van der Waals surface area contributed by atoms with Crippen molar-refractivity contribution in [1.29, 1.82) is 0 Å². The SMILES string of the molecule is NCCC1(Cl)N=CNC1Cl. The molecule has 0 aromatic carbocycles. The number of nitrogens with one attached hydrogen (secondary N) is 1. The molecule has 0 spiro atoms. The molecule has 10 heavy (non-hydrogen) atoms. The van der Waals surface area contributed by atoms with E-state index in [0.29, 0.717) is 13.0 Å². The summed E-state index contributed by atoms with van der Waals surface area (Å²) in [6.45, 7) is 0.492. The molecule has 1 heterocycles. The summed E-state index contributed by atoms with van der Waals surface area (Å²) in [5.41, 5.74) is 4.98. The van der Waals surface area contributed by atoms with E-state index in [4.69, 9.17) is 28.9 Å². The van der Waals surface area contributed by atoms with E-state index in [1.54, 1.807) is 0 Å². The minimum Gasteiger partial charge on any atom is -0.357 e. The van der Waals surface area contributed by atoms with Gasteiger partial charge in [0.05, 0.1) is 6.34 Å². The number of aliphatic imine (C=N–C) groups is 1. The minimum atomic E-state index is -0.726. The van der Waals surface area contributed by atoms with Crippen LogP contribution < -0.4 is 11.1 Å². The van der Waals surface area contributed by atoms with E-state index in [1.165, 1.54) is 6.34 Å². The van der Waals surface area contributed by atoms with Gasteiger partial charge in [-0.05, 0) is 6.54 Å². The zero-order valence-corrected chi connectivity index (χ0v) is 6.86. The summed E-state index contributed by atoms with van der Waals surface area (Å²) >= 11 is 11.7. The van der Waals surface area contributed by atoms with Gasteiger partial charge in [-0.2, -0.15) is 0 Å². The minimum absolute atomic E-state index is 0.335. The fraction of sp³-hybridized carbons (Fsp3) is 0.800. The third kappa shape index (κ3) is 1.36. The maximum Gasteiger partial charge on any atom is 0.170 e. The Labute approximate surface area is 69.6 Å². The molecule has 2 atom stereocenters. The molecule has 58 valence electrons. The van der Waals surface area contributed by atoms with Crippen LogP contribution >= 0.6 is 23.2 Å². The zero-order valence-electron chi connectivity index (χ0n) is 5.35. The number of halogens is 2. The summed E-state index contributed by atoms with van der Waals surface area (Å²) in [6, 6.07) is 0. The first-order chi connectivity index (χ1) is 4.69. The fourth-order valence-corrected chi connectivity index (χ4v) is 1.24. The predicted molar refractivity (Wildman–Crippen MR) is 43.5 cm³/mol. The molecule has 3 N–H and O–H groups in total. The molecule has 0 aliphatic carbocycles. The van der Waals surface area contributed by atoms with Crippen LogP contribution in [0.1, 0.15) is 6.42 Å². The van der Waals surface area contributed by atoms with Crippen LogP contribution in [0.2, 0.25) is 0 Å². The second-order valence-corrected chi connectivity index (χ2v) is 3.24. The van der Waals surface area contributed by atoms with Gasteiger partial charge in [-0.25, -0.2) is 4.99 Å². The summed E-state index contributed by atoms with van der Waals surface area (Å²) in [6.07, 6.45) is 2.10. The second kappa shape index (κ2) is 2.95. The molecule has 0 fully saturated rings. The third-order valence-corrected chi connectivity index (χ3v) is 2.49. The van der Waals surface area contributed by atoms with E-state index in [2.05, 4.69) is 10.3 Å². The van der Waals surface area contributed by atoms with Gasteiger partial charge in [0.1, 0.15) is 5.50 Å². The van der Waals surface area contributed by atoms with E-state index in [9.17, 15) is 0 Å². The molecule has 0 aromatic rings. The van der Waals surface area contributed by atoms with Crippen LogP contribution in [0.25, 0.3) is 0 Å². The highest BCUT2D eigenvalue weighted by Gasteiger charge is 2.37. The van der Waals surface area contributed by atoms with E-state index >= 15 is 0 Å². The standard InChI is InChI=1S/C5H9Cl2N3/c6-4-5(7,1-2-8)10-3-9-4/h3-4H,1-2,8H2,(H,9,10). The van der Waals surface area contributed by atoms with Crippen LogP contribution in [0.5, 0.6) is 0 Å². The molecule has 1 rings (SSSR count). The number of hydrogen-bond acceptors (Lipinski definition) is 3. The van der Waals surface area contributed by atoms with Gasteiger partial charge >= 0.3 is 0 Å². The summed E-state index contributed by atoms with van der Waals surface area (Å²) in [5, 5.41) is 2.78. The van der Waals surface area contributed by atoms with Gasteiger partial charge in [-0.1, -0.05) is 23.2 Å². The van der Waals surface area contributed by atoms with Crippen molar-refractivity contribution in [3.8, 4) is 0 Å². The molecule has 0 radical (unpaired) electrons. The Morgan fingerprint density at radius 1 is 1.80 bits per heavy atom. The normalized spacial score (nSPS) is 38.1. The predicted octanol–water partition coefficient (Wildman–Crippen LogP) is 0.467. The molecular weight excluding hydrogens is 173 g/mol. The zero-order chi connectivity index (χ0) is 7.61. The fourth-order valence-electron chi connectivity index (χ4n) is 0.797. The van der Waals surface area contributed by atoms with Crippen molar-refractivity contribution in [2.24, 2.45) is 10.7 Å². The highest BCUT2D eigenvalue weighted by atomic mass is 35.5.